The van der Waals surface area contributed by atoms with Gasteiger partial charge in [-0.15, -0.1) is 0 Å². The summed E-state index contributed by atoms with van der Waals surface area (Å²) in [6, 6.07) is 11.7. The van der Waals surface area contributed by atoms with E-state index in [9.17, 15) is 8.78 Å². The third kappa shape index (κ3) is 5.75. The molecule has 2 aromatic carbocycles. The zero-order valence-electron chi connectivity index (χ0n) is 19.8. The Kier molecular flexibility index (Phi) is 8.37. The number of halogens is 2. The van der Waals surface area contributed by atoms with Gasteiger partial charge in [0.15, 0.2) is 17.9 Å². The van der Waals surface area contributed by atoms with Crippen molar-refractivity contribution in [2.45, 2.75) is 76.4 Å². The molecule has 5 heteroatoms. The normalized spacial score (nSPS) is 25.7. The molecule has 1 saturated heterocycles. The summed E-state index contributed by atoms with van der Waals surface area (Å²) in [5, 5.41) is 0. The van der Waals surface area contributed by atoms with E-state index in [4.69, 9.17) is 14.2 Å². The molecule has 1 saturated carbocycles. The van der Waals surface area contributed by atoms with Gasteiger partial charge in [0.1, 0.15) is 0 Å². The Morgan fingerprint density at radius 3 is 2.06 bits per heavy atom. The van der Waals surface area contributed by atoms with Gasteiger partial charge < -0.3 is 14.2 Å². The first-order chi connectivity index (χ1) is 16.1. The van der Waals surface area contributed by atoms with Crippen LogP contribution in [0, 0.1) is 17.6 Å². The van der Waals surface area contributed by atoms with Gasteiger partial charge in [-0.2, -0.15) is 4.39 Å². The fourth-order valence-electron chi connectivity index (χ4n) is 5.27. The van der Waals surface area contributed by atoms with E-state index in [1.807, 2.05) is 0 Å². The van der Waals surface area contributed by atoms with E-state index >= 15 is 0 Å². The number of rotatable bonds is 8. The van der Waals surface area contributed by atoms with E-state index in [1.165, 1.54) is 76.2 Å². The van der Waals surface area contributed by atoms with E-state index in [-0.39, 0.29) is 17.2 Å². The lowest BCUT2D eigenvalue weighted by Gasteiger charge is -2.31. The smallest absolute Gasteiger partial charge is 0.201 e. The summed E-state index contributed by atoms with van der Waals surface area (Å²) in [6.07, 6.45) is 9.82. The summed E-state index contributed by atoms with van der Waals surface area (Å²) in [5.74, 6) is -0.471. The molecule has 0 bridgehead atoms. The van der Waals surface area contributed by atoms with Gasteiger partial charge in [-0.3, -0.25) is 0 Å². The van der Waals surface area contributed by atoms with Crippen molar-refractivity contribution in [3.8, 4) is 5.75 Å². The summed E-state index contributed by atoms with van der Waals surface area (Å²) >= 11 is 0. The molecule has 0 N–H and O–H groups in total. The maximum Gasteiger partial charge on any atom is 0.201 e. The summed E-state index contributed by atoms with van der Waals surface area (Å²) < 4.78 is 44.8. The van der Waals surface area contributed by atoms with Crippen LogP contribution < -0.4 is 4.74 Å². The molecular weight excluding hydrogens is 422 g/mol. The Bertz CT molecular complexity index is 883. The number of unbranched alkanes of at least 4 members (excludes halogenated alkanes) is 2. The standard InChI is InChI=1S/C28H36F2O3/c1-3-4-5-6-19-7-9-20(10-8-19)21-11-13-22(14-12-21)23-17-32-28(33-18-23)24-15-16-25(31-2)27(30)26(24)29/h11-16,19-20,23,28H,3-10,17-18H2,1-2H3. The van der Waals surface area contributed by atoms with Gasteiger partial charge in [-0.1, -0.05) is 56.9 Å². The number of hydrogen-bond donors (Lipinski definition) is 0. The fourth-order valence-corrected chi connectivity index (χ4v) is 5.27. The molecule has 1 heterocycles. The molecule has 180 valence electrons. The minimum Gasteiger partial charge on any atom is -0.494 e. The van der Waals surface area contributed by atoms with Gasteiger partial charge in [0.2, 0.25) is 5.82 Å². The maximum atomic E-state index is 14.4. The van der Waals surface area contributed by atoms with Gasteiger partial charge >= 0.3 is 0 Å². The van der Waals surface area contributed by atoms with Gasteiger partial charge in [0, 0.05) is 11.5 Å². The minimum atomic E-state index is -1.02. The van der Waals surface area contributed by atoms with Gasteiger partial charge in [-0.25, -0.2) is 4.39 Å². The van der Waals surface area contributed by atoms with E-state index in [1.54, 1.807) is 0 Å². The van der Waals surface area contributed by atoms with Crippen LogP contribution in [-0.4, -0.2) is 20.3 Å². The highest BCUT2D eigenvalue weighted by atomic mass is 19.2. The molecule has 0 spiro atoms. The topological polar surface area (TPSA) is 27.7 Å². The van der Waals surface area contributed by atoms with Crippen LogP contribution in [0.25, 0.3) is 0 Å². The molecule has 0 atom stereocenters. The largest absolute Gasteiger partial charge is 0.494 e. The highest BCUT2D eigenvalue weighted by Gasteiger charge is 2.29. The Hall–Kier alpha value is -1.98. The average molecular weight is 459 g/mol. The molecule has 33 heavy (non-hydrogen) atoms. The van der Waals surface area contributed by atoms with E-state index < -0.39 is 17.9 Å². The minimum absolute atomic E-state index is 0.0624. The number of methoxy groups -OCH3 is 1. The first kappa shape index (κ1) is 24.2. The van der Waals surface area contributed by atoms with Gasteiger partial charge in [0.25, 0.3) is 0 Å². The Labute approximate surface area is 196 Å². The van der Waals surface area contributed by atoms with Crippen molar-refractivity contribution < 1.29 is 23.0 Å². The van der Waals surface area contributed by atoms with E-state index in [0.29, 0.717) is 19.1 Å². The first-order valence-electron chi connectivity index (χ1n) is 12.5. The molecular formula is C28H36F2O3. The molecule has 1 aliphatic heterocycles. The second kappa shape index (κ2) is 11.4. The molecule has 2 fully saturated rings. The molecule has 0 aromatic heterocycles. The summed E-state index contributed by atoms with van der Waals surface area (Å²) in [7, 11) is 1.31. The van der Waals surface area contributed by atoms with Crippen LogP contribution in [-0.2, 0) is 9.47 Å². The van der Waals surface area contributed by atoms with Crippen LogP contribution in [0.4, 0.5) is 8.78 Å². The molecule has 2 aromatic rings. The lowest BCUT2D eigenvalue weighted by molar-refractivity contribution is -0.193. The number of ether oxygens (including phenoxy) is 3. The molecule has 2 aliphatic rings. The van der Waals surface area contributed by atoms with Crippen molar-refractivity contribution in [1.29, 1.82) is 0 Å². The molecule has 0 amide bonds. The summed E-state index contributed by atoms with van der Waals surface area (Å²) in [6.45, 7) is 3.08. The van der Waals surface area contributed by atoms with E-state index in [0.717, 1.165) is 11.5 Å². The van der Waals surface area contributed by atoms with Crippen molar-refractivity contribution >= 4 is 0 Å². The molecule has 0 unspecified atom stereocenters. The molecule has 3 nitrogen and oxygen atoms in total. The maximum absolute atomic E-state index is 14.4. The van der Waals surface area contributed by atoms with Crippen LogP contribution in [0.5, 0.6) is 5.75 Å². The highest BCUT2D eigenvalue weighted by molar-refractivity contribution is 5.32. The van der Waals surface area contributed by atoms with Crippen molar-refractivity contribution in [3.05, 3.63) is 64.7 Å². The van der Waals surface area contributed by atoms with Crippen LogP contribution >= 0.6 is 0 Å². The van der Waals surface area contributed by atoms with Gasteiger partial charge in [-0.05, 0) is 60.8 Å². The quantitative estimate of drug-likeness (QED) is 0.380. The fraction of sp³-hybridized carbons (Fsp3) is 0.571. The summed E-state index contributed by atoms with van der Waals surface area (Å²) in [4.78, 5) is 0. The first-order valence-corrected chi connectivity index (χ1v) is 12.5. The van der Waals surface area contributed by atoms with Crippen molar-refractivity contribution in [3.63, 3.8) is 0 Å². The lowest BCUT2D eigenvalue weighted by Crippen LogP contribution is -2.26. The second-order valence-corrected chi connectivity index (χ2v) is 9.56. The predicted octanol–water partition coefficient (Wildman–Crippen LogP) is 7.66. The lowest BCUT2D eigenvalue weighted by atomic mass is 9.77. The number of benzene rings is 2. The monoisotopic (exact) mass is 458 g/mol. The van der Waals surface area contributed by atoms with Crippen molar-refractivity contribution in [2.24, 2.45) is 5.92 Å². The van der Waals surface area contributed by atoms with E-state index in [2.05, 4.69) is 31.2 Å². The van der Waals surface area contributed by atoms with Crippen LogP contribution in [0.3, 0.4) is 0 Å². The Morgan fingerprint density at radius 1 is 0.818 bits per heavy atom. The Morgan fingerprint density at radius 2 is 1.45 bits per heavy atom. The van der Waals surface area contributed by atoms with Gasteiger partial charge in [0.05, 0.1) is 20.3 Å². The molecule has 0 radical (unpaired) electrons. The molecule has 1 aliphatic carbocycles. The SMILES string of the molecule is CCCCCC1CCC(c2ccc(C3COC(c4ccc(OC)c(F)c4F)OC3)cc2)CC1. The second-order valence-electron chi connectivity index (χ2n) is 9.56. The third-order valence-corrected chi connectivity index (χ3v) is 7.39. The zero-order valence-corrected chi connectivity index (χ0v) is 19.8. The average Bonchev–Trinajstić information content (AvgIpc) is 2.87. The van der Waals surface area contributed by atoms with Crippen LogP contribution in [0.1, 0.15) is 93.1 Å². The highest BCUT2D eigenvalue weighted by Crippen LogP contribution is 2.39. The predicted molar refractivity (Wildman–Crippen MR) is 126 cm³/mol. The van der Waals surface area contributed by atoms with Crippen molar-refractivity contribution in [1.82, 2.24) is 0 Å². The third-order valence-electron chi connectivity index (χ3n) is 7.39. The number of hydrogen-bond acceptors (Lipinski definition) is 3. The Balaban J connectivity index is 1.29. The van der Waals surface area contributed by atoms with Crippen LogP contribution in [0.15, 0.2) is 36.4 Å². The zero-order chi connectivity index (χ0) is 23.2. The van der Waals surface area contributed by atoms with Crippen molar-refractivity contribution in [2.75, 3.05) is 20.3 Å². The van der Waals surface area contributed by atoms with Crippen LogP contribution in [0.2, 0.25) is 0 Å². The summed E-state index contributed by atoms with van der Waals surface area (Å²) in [5.41, 5.74) is 2.65. The molecule has 4 rings (SSSR count).